The normalized spacial score (nSPS) is 12.0. The number of alkyl halides is 3. The third-order valence-electron chi connectivity index (χ3n) is 3.82. The summed E-state index contributed by atoms with van der Waals surface area (Å²) in [5, 5.41) is 3.10. The number of benzene rings is 2. The van der Waals surface area contributed by atoms with Crippen molar-refractivity contribution in [3.63, 3.8) is 0 Å². The van der Waals surface area contributed by atoms with E-state index >= 15 is 0 Å². The van der Waals surface area contributed by atoms with Crippen LogP contribution in [0.4, 0.5) is 24.7 Å². The van der Waals surface area contributed by atoms with Gasteiger partial charge in [-0.05, 0) is 36.4 Å². The van der Waals surface area contributed by atoms with Crippen molar-refractivity contribution < 1.29 is 13.2 Å². The van der Waals surface area contributed by atoms with Crippen LogP contribution in [0.1, 0.15) is 5.56 Å². The predicted molar refractivity (Wildman–Crippen MR) is 95.2 cm³/mol. The van der Waals surface area contributed by atoms with Crippen molar-refractivity contribution in [2.45, 2.75) is 6.18 Å². The van der Waals surface area contributed by atoms with Gasteiger partial charge in [0.25, 0.3) is 0 Å². The molecule has 0 saturated carbocycles. The summed E-state index contributed by atoms with van der Waals surface area (Å²) in [5.74, 6) is 0.376. The summed E-state index contributed by atoms with van der Waals surface area (Å²) in [7, 11) is 0. The molecule has 0 spiro atoms. The number of hydrogen-bond acceptors (Lipinski definition) is 3. The van der Waals surface area contributed by atoms with Gasteiger partial charge in [-0.1, -0.05) is 23.2 Å². The summed E-state index contributed by atoms with van der Waals surface area (Å²) >= 11 is 11.8. The minimum absolute atomic E-state index is 0.363. The molecule has 0 aliphatic rings. The van der Waals surface area contributed by atoms with Crippen molar-refractivity contribution >= 4 is 51.4 Å². The maximum absolute atomic E-state index is 12.8. The Balaban J connectivity index is 1.82. The van der Waals surface area contributed by atoms with Gasteiger partial charge in [0.15, 0.2) is 11.5 Å². The Hall–Kier alpha value is -2.51. The minimum Gasteiger partial charge on any atom is -0.337 e. The minimum atomic E-state index is -4.51. The molecule has 0 aliphatic carbocycles. The van der Waals surface area contributed by atoms with Gasteiger partial charge >= 0.3 is 6.18 Å². The Bertz CT molecular complexity index is 1140. The smallest absolute Gasteiger partial charge is 0.337 e. The van der Waals surface area contributed by atoms with Gasteiger partial charge in [0.05, 0.1) is 21.6 Å². The van der Waals surface area contributed by atoms with E-state index in [1.165, 1.54) is 12.1 Å². The largest absolute Gasteiger partial charge is 0.417 e. The second kappa shape index (κ2) is 6.03. The molecule has 2 aromatic carbocycles. The van der Waals surface area contributed by atoms with Crippen molar-refractivity contribution in [3.05, 3.63) is 64.4 Å². The fraction of sp³-hybridized carbons (Fsp3) is 0.0588. The molecule has 0 atom stereocenters. The van der Waals surface area contributed by atoms with E-state index < -0.39 is 16.8 Å². The number of hydrogen-bond donors (Lipinski definition) is 1. The number of halogens is 5. The molecule has 0 bridgehead atoms. The molecular formula is C17H9Cl2F3N4. The van der Waals surface area contributed by atoms with Gasteiger partial charge in [0.2, 0.25) is 0 Å². The number of imidazole rings is 1. The predicted octanol–water partition coefficient (Wildman–Crippen LogP) is 5.95. The van der Waals surface area contributed by atoms with Gasteiger partial charge in [-0.25, -0.2) is 9.97 Å². The molecule has 0 unspecified atom stereocenters. The van der Waals surface area contributed by atoms with Gasteiger partial charge in [0, 0.05) is 23.1 Å². The molecule has 9 heteroatoms. The molecule has 0 fully saturated rings. The van der Waals surface area contributed by atoms with Crippen molar-refractivity contribution in [3.8, 4) is 0 Å². The van der Waals surface area contributed by atoms with E-state index in [4.69, 9.17) is 23.2 Å². The van der Waals surface area contributed by atoms with Gasteiger partial charge in [-0.15, -0.1) is 0 Å². The molecular weight excluding hydrogens is 388 g/mol. The SMILES string of the molecule is FC(F)(F)c1ccc(Nc2nc3cc(Cl)ccc3n3ccnc23)cc1Cl. The third kappa shape index (κ3) is 2.93. The monoisotopic (exact) mass is 396 g/mol. The third-order valence-corrected chi connectivity index (χ3v) is 4.37. The van der Waals surface area contributed by atoms with E-state index in [-0.39, 0.29) is 0 Å². The molecule has 132 valence electrons. The van der Waals surface area contributed by atoms with Crippen LogP contribution in [-0.4, -0.2) is 14.4 Å². The Morgan fingerprint density at radius 1 is 1.04 bits per heavy atom. The van der Waals surface area contributed by atoms with Crippen molar-refractivity contribution in [1.29, 1.82) is 0 Å². The summed E-state index contributed by atoms with van der Waals surface area (Å²) in [4.78, 5) is 8.75. The van der Waals surface area contributed by atoms with E-state index in [0.717, 1.165) is 11.6 Å². The second-order valence-electron chi connectivity index (χ2n) is 5.53. The number of nitrogens with zero attached hydrogens (tertiary/aromatic N) is 3. The van der Waals surface area contributed by atoms with Crippen LogP contribution in [0.3, 0.4) is 0 Å². The van der Waals surface area contributed by atoms with E-state index in [2.05, 4.69) is 15.3 Å². The standard InChI is InChI=1S/C17H9Cl2F3N4/c18-9-1-4-14-13(7-9)25-15(16-23-5-6-26(14)16)24-10-2-3-11(12(19)8-10)17(20,21)22/h1-8H,(H,24,25). The summed E-state index contributed by atoms with van der Waals surface area (Å²) in [6.07, 6.45) is -1.14. The van der Waals surface area contributed by atoms with Crippen molar-refractivity contribution in [2.24, 2.45) is 0 Å². The van der Waals surface area contributed by atoms with E-state index in [1.807, 2.05) is 10.5 Å². The van der Waals surface area contributed by atoms with Crippen molar-refractivity contribution in [1.82, 2.24) is 14.4 Å². The van der Waals surface area contributed by atoms with Crippen LogP contribution in [0.2, 0.25) is 10.0 Å². The Morgan fingerprint density at radius 2 is 1.85 bits per heavy atom. The lowest BCUT2D eigenvalue weighted by molar-refractivity contribution is -0.137. The average Bonchev–Trinajstić information content (AvgIpc) is 3.03. The topological polar surface area (TPSA) is 42.2 Å². The molecule has 0 saturated heterocycles. The first-order chi connectivity index (χ1) is 12.3. The first-order valence-corrected chi connectivity index (χ1v) is 8.14. The van der Waals surface area contributed by atoms with Crippen LogP contribution in [-0.2, 0) is 6.18 Å². The Labute approximate surface area is 155 Å². The van der Waals surface area contributed by atoms with Crippen LogP contribution in [0.25, 0.3) is 16.7 Å². The molecule has 4 aromatic rings. The molecule has 2 aromatic heterocycles. The first kappa shape index (κ1) is 16.9. The summed E-state index contributed by atoms with van der Waals surface area (Å²) in [5.41, 5.74) is 1.41. The molecule has 26 heavy (non-hydrogen) atoms. The molecule has 1 N–H and O–H groups in total. The summed E-state index contributed by atoms with van der Waals surface area (Å²) in [6, 6.07) is 8.67. The molecule has 0 radical (unpaired) electrons. The highest BCUT2D eigenvalue weighted by molar-refractivity contribution is 6.32. The summed E-state index contributed by atoms with van der Waals surface area (Å²) < 4.78 is 40.3. The highest BCUT2D eigenvalue weighted by Crippen LogP contribution is 2.36. The molecule has 4 nitrogen and oxygen atoms in total. The molecule has 0 aliphatic heterocycles. The highest BCUT2D eigenvalue weighted by atomic mass is 35.5. The Kier molecular flexibility index (Phi) is 3.93. The van der Waals surface area contributed by atoms with Gasteiger partial charge < -0.3 is 5.32 Å². The highest BCUT2D eigenvalue weighted by Gasteiger charge is 2.33. The van der Waals surface area contributed by atoms with E-state index in [0.29, 0.717) is 27.7 Å². The molecule has 4 rings (SSSR count). The van der Waals surface area contributed by atoms with E-state index in [9.17, 15) is 13.2 Å². The van der Waals surface area contributed by atoms with Gasteiger partial charge in [-0.3, -0.25) is 4.40 Å². The first-order valence-electron chi connectivity index (χ1n) is 7.39. The zero-order valence-corrected chi connectivity index (χ0v) is 14.4. The average molecular weight is 397 g/mol. The number of nitrogens with one attached hydrogen (secondary N) is 1. The summed E-state index contributed by atoms with van der Waals surface area (Å²) in [6.45, 7) is 0. The fourth-order valence-corrected chi connectivity index (χ4v) is 3.13. The molecule has 0 amide bonds. The lowest BCUT2D eigenvalue weighted by Crippen LogP contribution is -2.06. The quantitative estimate of drug-likeness (QED) is 0.455. The maximum Gasteiger partial charge on any atom is 0.417 e. The lowest BCUT2D eigenvalue weighted by Gasteiger charge is -2.13. The fourth-order valence-electron chi connectivity index (χ4n) is 2.68. The van der Waals surface area contributed by atoms with Gasteiger partial charge in [-0.2, -0.15) is 13.2 Å². The zero-order chi connectivity index (χ0) is 18.5. The van der Waals surface area contributed by atoms with Crippen molar-refractivity contribution in [2.75, 3.05) is 5.32 Å². The lowest BCUT2D eigenvalue weighted by atomic mass is 10.2. The van der Waals surface area contributed by atoms with Crippen LogP contribution < -0.4 is 5.32 Å². The van der Waals surface area contributed by atoms with Crippen LogP contribution in [0, 0.1) is 0 Å². The maximum atomic E-state index is 12.8. The number of aromatic nitrogens is 3. The Morgan fingerprint density at radius 3 is 2.58 bits per heavy atom. The zero-order valence-electron chi connectivity index (χ0n) is 12.9. The second-order valence-corrected chi connectivity index (χ2v) is 6.38. The number of rotatable bonds is 2. The van der Waals surface area contributed by atoms with Crippen LogP contribution >= 0.6 is 23.2 Å². The number of anilines is 2. The van der Waals surface area contributed by atoms with Gasteiger partial charge in [0.1, 0.15) is 0 Å². The van der Waals surface area contributed by atoms with Crippen LogP contribution in [0.5, 0.6) is 0 Å². The number of fused-ring (bicyclic) bond motifs is 3. The molecule has 2 heterocycles. The van der Waals surface area contributed by atoms with Crippen LogP contribution in [0.15, 0.2) is 48.8 Å². The van der Waals surface area contributed by atoms with E-state index in [1.54, 1.807) is 24.5 Å².